The molecule has 0 aromatic heterocycles. The van der Waals surface area contributed by atoms with Crippen LogP contribution in [0.3, 0.4) is 0 Å². The lowest BCUT2D eigenvalue weighted by Gasteiger charge is -2.02. The fourth-order valence-electron chi connectivity index (χ4n) is 1.60. The van der Waals surface area contributed by atoms with Crippen LogP contribution in [0.2, 0.25) is 0 Å². The highest BCUT2D eigenvalue weighted by Gasteiger charge is 1.95. The monoisotopic (exact) mass is 202 g/mol. The molecule has 0 heterocycles. The van der Waals surface area contributed by atoms with E-state index in [9.17, 15) is 0 Å². The van der Waals surface area contributed by atoms with Crippen molar-refractivity contribution in [2.24, 2.45) is 0 Å². The van der Waals surface area contributed by atoms with Gasteiger partial charge in [-0.2, -0.15) is 0 Å². The summed E-state index contributed by atoms with van der Waals surface area (Å²) in [6.07, 6.45) is 1.11. The zero-order valence-electron chi connectivity index (χ0n) is 8.68. The van der Waals surface area contributed by atoms with Gasteiger partial charge >= 0.3 is 0 Å². The molecule has 0 amide bonds. The minimum Gasteiger partial charge on any atom is -0.483 e. The van der Waals surface area contributed by atoms with Gasteiger partial charge in [0.1, 0.15) is 0 Å². The summed E-state index contributed by atoms with van der Waals surface area (Å²) in [7, 11) is 0. The van der Waals surface area contributed by atoms with Gasteiger partial charge in [0.15, 0.2) is 0 Å². The fraction of sp³-hybridized carbons (Fsp3) is 0.154. The van der Waals surface area contributed by atoms with Gasteiger partial charge < -0.3 is 5.11 Å². The second kappa shape index (κ2) is 5.81. The van der Waals surface area contributed by atoms with Crippen LogP contribution >= 0.6 is 0 Å². The predicted octanol–water partition coefficient (Wildman–Crippen LogP) is 3.10. The number of aryl methyl sites for hydroxylation is 1. The van der Waals surface area contributed by atoms with E-state index in [1.54, 1.807) is 0 Å². The van der Waals surface area contributed by atoms with Crippen LogP contribution in [-0.4, -0.2) is 11.6 Å². The van der Waals surface area contributed by atoms with Gasteiger partial charge in [0.2, 0.25) is 0 Å². The van der Waals surface area contributed by atoms with E-state index >= 15 is 0 Å². The van der Waals surface area contributed by atoms with Crippen molar-refractivity contribution in [1.82, 2.24) is 0 Å². The summed E-state index contributed by atoms with van der Waals surface area (Å²) < 4.78 is 0. The first-order chi connectivity index (χ1) is 7.33. The number of benzene rings is 2. The summed E-state index contributed by atoms with van der Waals surface area (Å²) in [4.78, 5) is 8.36. The average molecular weight is 202 g/mol. The van der Waals surface area contributed by atoms with Gasteiger partial charge in [-0.25, -0.2) is 0 Å². The Kier molecular flexibility index (Phi) is 4.35. The van der Waals surface area contributed by atoms with E-state index in [0.29, 0.717) is 0 Å². The molecule has 0 radical (unpaired) electrons. The number of hydrogen-bond donors (Lipinski definition) is 1. The molecule has 0 atom stereocenters. The van der Waals surface area contributed by atoms with E-state index in [0.717, 1.165) is 6.42 Å². The summed E-state index contributed by atoms with van der Waals surface area (Å²) in [6, 6.07) is 15.0. The van der Waals surface area contributed by atoms with Crippen LogP contribution in [-0.2, 0) is 11.2 Å². The molecule has 2 aromatic carbocycles. The van der Waals surface area contributed by atoms with E-state index in [2.05, 4.69) is 49.4 Å². The Morgan fingerprint density at radius 1 is 1.13 bits per heavy atom. The molecular weight excluding hydrogens is 188 g/mol. The standard InChI is InChI=1S/C12H12.CH2O2/c1-2-10-7-5-8-11-6-3-4-9-12(10)11;2-1-3/h3-9H,2H2,1H3;1H,(H,2,3). The summed E-state index contributed by atoms with van der Waals surface area (Å²) in [5.41, 5.74) is 1.44. The first-order valence-corrected chi connectivity index (χ1v) is 4.88. The molecule has 2 aromatic rings. The maximum atomic E-state index is 8.36. The molecular formula is C13H14O2. The van der Waals surface area contributed by atoms with Crippen molar-refractivity contribution in [3.63, 3.8) is 0 Å². The number of carbonyl (C=O) groups is 1. The smallest absolute Gasteiger partial charge is 0.290 e. The molecule has 0 spiro atoms. The molecule has 15 heavy (non-hydrogen) atoms. The van der Waals surface area contributed by atoms with E-state index in [1.807, 2.05) is 0 Å². The Morgan fingerprint density at radius 2 is 1.73 bits per heavy atom. The Balaban J connectivity index is 0.000000337. The summed E-state index contributed by atoms with van der Waals surface area (Å²) in [5, 5.41) is 9.62. The van der Waals surface area contributed by atoms with Gasteiger partial charge in [-0.3, -0.25) is 4.79 Å². The predicted molar refractivity (Wildman–Crippen MR) is 62.0 cm³/mol. The molecule has 0 unspecified atom stereocenters. The Hall–Kier alpha value is -1.83. The minimum atomic E-state index is -0.250. The molecule has 0 saturated carbocycles. The van der Waals surface area contributed by atoms with Gasteiger partial charge in [-0.05, 0) is 22.8 Å². The lowest BCUT2D eigenvalue weighted by molar-refractivity contribution is -0.122. The van der Waals surface area contributed by atoms with E-state index in [1.165, 1.54) is 16.3 Å². The van der Waals surface area contributed by atoms with Crippen molar-refractivity contribution in [2.75, 3.05) is 0 Å². The summed E-state index contributed by atoms with van der Waals surface area (Å²) >= 11 is 0. The highest BCUT2D eigenvalue weighted by atomic mass is 16.3. The van der Waals surface area contributed by atoms with Crippen LogP contribution in [0.4, 0.5) is 0 Å². The van der Waals surface area contributed by atoms with Gasteiger partial charge in [-0.15, -0.1) is 0 Å². The highest BCUT2D eigenvalue weighted by molar-refractivity contribution is 5.85. The number of fused-ring (bicyclic) bond motifs is 1. The fourth-order valence-corrected chi connectivity index (χ4v) is 1.60. The zero-order valence-corrected chi connectivity index (χ0v) is 8.68. The maximum absolute atomic E-state index is 8.36. The van der Waals surface area contributed by atoms with Crippen LogP contribution in [0.15, 0.2) is 42.5 Å². The number of hydrogen-bond acceptors (Lipinski definition) is 1. The van der Waals surface area contributed by atoms with Crippen molar-refractivity contribution in [2.45, 2.75) is 13.3 Å². The van der Waals surface area contributed by atoms with Crippen LogP contribution in [0.25, 0.3) is 10.8 Å². The highest BCUT2D eigenvalue weighted by Crippen LogP contribution is 2.18. The third-order valence-corrected chi connectivity index (χ3v) is 2.26. The molecule has 2 heteroatoms. The third-order valence-electron chi connectivity index (χ3n) is 2.26. The molecule has 0 aliphatic carbocycles. The minimum absolute atomic E-state index is 0.250. The molecule has 2 nitrogen and oxygen atoms in total. The summed E-state index contributed by atoms with van der Waals surface area (Å²) in [6.45, 7) is 1.95. The SMILES string of the molecule is CCc1cccc2ccccc12.O=CO. The number of rotatable bonds is 1. The topological polar surface area (TPSA) is 37.3 Å². The molecule has 0 bridgehead atoms. The lowest BCUT2D eigenvalue weighted by atomic mass is 10.0. The van der Waals surface area contributed by atoms with E-state index in [4.69, 9.17) is 9.90 Å². The van der Waals surface area contributed by atoms with Gasteiger partial charge in [0.25, 0.3) is 6.47 Å². The molecule has 0 aliphatic heterocycles. The van der Waals surface area contributed by atoms with E-state index < -0.39 is 0 Å². The molecule has 78 valence electrons. The first-order valence-electron chi connectivity index (χ1n) is 4.88. The Labute approximate surface area is 89.2 Å². The van der Waals surface area contributed by atoms with Crippen molar-refractivity contribution in [3.8, 4) is 0 Å². The van der Waals surface area contributed by atoms with Crippen molar-refractivity contribution in [1.29, 1.82) is 0 Å². The third kappa shape index (κ3) is 2.81. The molecule has 0 saturated heterocycles. The lowest BCUT2D eigenvalue weighted by Crippen LogP contribution is -1.81. The molecule has 0 fully saturated rings. The van der Waals surface area contributed by atoms with Gasteiger partial charge in [-0.1, -0.05) is 49.4 Å². The number of carboxylic acid groups (broad SMARTS) is 1. The molecule has 1 N–H and O–H groups in total. The quantitative estimate of drug-likeness (QED) is 0.721. The molecule has 2 rings (SSSR count). The second-order valence-corrected chi connectivity index (χ2v) is 3.10. The van der Waals surface area contributed by atoms with Crippen LogP contribution in [0.5, 0.6) is 0 Å². The summed E-state index contributed by atoms with van der Waals surface area (Å²) in [5.74, 6) is 0. The normalized spacial score (nSPS) is 9.13. The second-order valence-electron chi connectivity index (χ2n) is 3.10. The first kappa shape index (κ1) is 11.2. The van der Waals surface area contributed by atoms with Crippen molar-refractivity contribution in [3.05, 3.63) is 48.0 Å². The van der Waals surface area contributed by atoms with Gasteiger partial charge in [0.05, 0.1) is 0 Å². The van der Waals surface area contributed by atoms with E-state index in [-0.39, 0.29) is 6.47 Å². The maximum Gasteiger partial charge on any atom is 0.290 e. The van der Waals surface area contributed by atoms with Crippen molar-refractivity contribution >= 4 is 17.2 Å². The van der Waals surface area contributed by atoms with Crippen LogP contribution in [0.1, 0.15) is 12.5 Å². The largest absolute Gasteiger partial charge is 0.483 e. The average Bonchev–Trinajstić information content (AvgIpc) is 2.29. The van der Waals surface area contributed by atoms with Crippen LogP contribution < -0.4 is 0 Å². The molecule has 0 aliphatic rings. The van der Waals surface area contributed by atoms with Gasteiger partial charge in [0, 0.05) is 0 Å². The van der Waals surface area contributed by atoms with Crippen molar-refractivity contribution < 1.29 is 9.90 Å². The Bertz CT molecular complexity index is 430. The zero-order chi connectivity index (χ0) is 11.1. The van der Waals surface area contributed by atoms with Crippen LogP contribution in [0, 0.1) is 0 Å². The Morgan fingerprint density at radius 3 is 2.40 bits per heavy atom.